The normalized spacial score (nSPS) is 28.0. The summed E-state index contributed by atoms with van der Waals surface area (Å²) in [6.45, 7) is 1.71. The van der Waals surface area contributed by atoms with Gasteiger partial charge in [-0.1, -0.05) is 11.6 Å². The summed E-state index contributed by atoms with van der Waals surface area (Å²) in [7, 11) is 1.76. The summed E-state index contributed by atoms with van der Waals surface area (Å²) < 4.78 is 11.2. The van der Waals surface area contributed by atoms with Gasteiger partial charge in [-0.25, -0.2) is 0 Å². The largest absolute Gasteiger partial charge is 0.381 e. The van der Waals surface area contributed by atoms with Crippen molar-refractivity contribution in [2.24, 2.45) is 5.92 Å². The molecule has 1 saturated carbocycles. The average molecular weight is 346 g/mol. The van der Waals surface area contributed by atoms with Crippen LogP contribution in [0.3, 0.4) is 0 Å². The number of piperidine rings is 1. The van der Waals surface area contributed by atoms with Crippen LogP contribution in [0.2, 0.25) is 0 Å². The first-order chi connectivity index (χ1) is 12.3. The van der Waals surface area contributed by atoms with Gasteiger partial charge < -0.3 is 14.2 Å². The van der Waals surface area contributed by atoms with Gasteiger partial charge in [0, 0.05) is 37.6 Å². The predicted molar refractivity (Wildman–Crippen MR) is 94.5 cm³/mol. The van der Waals surface area contributed by atoms with Crippen LogP contribution in [0.5, 0.6) is 0 Å². The molecule has 2 atom stereocenters. The van der Waals surface area contributed by atoms with Crippen molar-refractivity contribution in [2.45, 2.75) is 76.2 Å². The molecule has 5 heteroatoms. The lowest BCUT2D eigenvalue weighted by Gasteiger charge is -2.36. The van der Waals surface area contributed by atoms with Crippen molar-refractivity contribution in [3.05, 3.63) is 17.0 Å². The van der Waals surface area contributed by atoms with Gasteiger partial charge in [0.25, 0.3) is 0 Å². The quantitative estimate of drug-likeness (QED) is 0.841. The van der Waals surface area contributed by atoms with Gasteiger partial charge in [-0.15, -0.1) is 0 Å². The maximum Gasteiger partial charge on any atom is 0.225 e. The number of hydrogen-bond acceptors (Lipinski definition) is 4. The first-order valence-electron chi connectivity index (χ1n) is 10.0. The fraction of sp³-hybridized carbons (Fsp3) is 0.800. The first kappa shape index (κ1) is 17.1. The molecule has 2 fully saturated rings. The molecule has 1 aliphatic heterocycles. The lowest BCUT2D eigenvalue weighted by molar-refractivity contribution is -0.139. The Morgan fingerprint density at radius 2 is 1.92 bits per heavy atom. The van der Waals surface area contributed by atoms with E-state index in [1.165, 1.54) is 24.1 Å². The molecular formula is C20H30N2O3. The van der Waals surface area contributed by atoms with Gasteiger partial charge in [0.1, 0.15) is 5.76 Å². The SMILES string of the molecule is COC1CCCC(C(=O)N2CCC(c3onc4c3CCCC4)CC2)C1. The molecule has 0 aromatic carbocycles. The number of nitrogens with zero attached hydrogens (tertiary/aromatic N) is 2. The van der Waals surface area contributed by atoms with Crippen LogP contribution in [0.25, 0.3) is 0 Å². The number of ether oxygens (including phenoxy) is 1. The summed E-state index contributed by atoms with van der Waals surface area (Å²) >= 11 is 0. The lowest BCUT2D eigenvalue weighted by Crippen LogP contribution is -2.43. The molecule has 25 heavy (non-hydrogen) atoms. The van der Waals surface area contributed by atoms with Crippen molar-refractivity contribution in [1.82, 2.24) is 10.1 Å². The molecule has 1 saturated heterocycles. The number of fused-ring (bicyclic) bond motifs is 1. The van der Waals surface area contributed by atoms with Gasteiger partial charge in [-0.3, -0.25) is 4.79 Å². The third kappa shape index (κ3) is 3.48. The number of likely N-dealkylation sites (tertiary alicyclic amines) is 1. The second-order valence-corrected chi connectivity index (χ2v) is 8.00. The third-order valence-electron chi connectivity index (χ3n) is 6.48. The molecule has 0 spiro atoms. The summed E-state index contributed by atoms with van der Waals surface area (Å²) in [6, 6.07) is 0. The minimum atomic E-state index is 0.160. The molecule has 1 aromatic heterocycles. The second-order valence-electron chi connectivity index (χ2n) is 8.00. The zero-order chi connectivity index (χ0) is 17.2. The maximum absolute atomic E-state index is 12.9. The van der Waals surface area contributed by atoms with Crippen LogP contribution in [0.1, 0.15) is 74.3 Å². The number of rotatable bonds is 3. The zero-order valence-corrected chi connectivity index (χ0v) is 15.3. The van der Waals surface area contributed by atoms with Crippen molar-refractivity contribution >= 4 is 5.91 Å². The number of carbonyl (C=O) groups excluding carboxylic acids is 1. The van der Waals surface area contributed by atoms with E-state index < -0.39 is 0 Å². The van der Waals surface area contributed by atoms with Crippen LogP contribution in [0, 0.1) is 5.92 Å². The molecule has 138 valence electrons. The number of amides is 1. The fourth-order valence-corrected chi connectivity index (χ4v) is 4.94. The highest BCUT2D eigenvalue weighted by molar-refractivity contribution is 5.79. The summed E-state index contributed by atoms with van der Waals surface area (Å²) in [6.07, 6.45) is 11.1. The Balaban J connectivity index is 1.35. The minimum Gasteiger partial charge on any atom is -0.381 e. The first-order valence-corrected chi connectivity index (χ1v) is 10.0. The Morgan fingerprint density at radius 3 is 2.72 bits per heavy atom. The van der Waals surface area contributed by atoms with E-state index in [1.54, 1.807) is 7.11 Å². The molecule has 0 bridgehead atoms. The molecule has 1 aromatic rings. The Bertz CT molecular complexity index is 604. The lowest BCUT2D eigenvalue weighted by atomic mass is 9.84. The number of carbonyl (C=O) groups is 1. The van der Waals surface area contributed by atoms with E-state index in [4.69, 9.17) is 9.26 Å². The molecular weight excluding hydrogens is 316 g/mol. The highest BCUT2D eigenvalue weighted by Gasteiger charge is 2.34. The van der Waals surface area contributed by atoms with Gasteiger partial charge >= 0.3 is 0 Å². The summed E-state index contributed by atoms with van der Waals surface area (Å²) in [5.41, 5.74) is 2.57. The third-order valence-corrected chi connectivity index (χ3v) is 6.48. The van der Waals surface area contributed by atoms with E-state index in [2.05, 4.69) is 10.1 Å². The molecule has 5 nitrogen and oxygen atoms in total. The monoisotopic (exact) mass is 346 g/mol. The van der Waals surface area contributed by atoms with Crippen LogP contribution in [0.15, 0.2) is 4.52 Å². The van der Waals surface area contributed by atoms with Gasteiger partial charge in [-0.2, -0.15) is 0 Å². The molecule has 0 N–H and O–H groups in total. The molecule has 4 rings (SSSR count). The predicted octanol–water partition coefficient (Wildman–Crippen LogP) is 3.46. The van der Waals surface area contributed by atoms with Crippen molar-refractivity contribution in [1.29, 1.82) is 0 Å². The number of methoxy groups -OCH3 is 1. The molecule has 2 heterocycles. The van der Waals surface area contributed by atoms with E-state index in [-0.39, 0.29) is 12.0 Å². The summed E-state index contributed by atoms with van der Waals surface area (Å²) in [4.78, 5) is 15.0. The second kappa shape index (κ2) is 7.48. The van der Waals surface area contributed by atoms with E-state index in [1.807, 2.05) is 0 Å². The van der Waals surface area contributed by atoms with Gasteiger partial charge in [-0.05, 0) is 57.8 Å². The van der Waals surface area contributed by atoms with Crippen LogP contribution in [-0.2, 0) is 22.4 Å². The van der Waals surface area contributed by atoms with E-state index in [9.17, 15) is 4.79 Å². The Kier molecular flexibility index (Phi) is 5.11. The minimum absolute atomic E-state index is 0.160. The Labute approximate surface area is 150 Å². The van der Waals surface area contributed by atoms with Gasteiger partial charge in [0.15, 0.2) is 0 Å². The number of aromatic nitrogens is 1. The van der Waals surface area contributed by atoms with Gasteiger partial charge in [0.05, 0.1) is 11.8 Å². The van der Waals surface area contributed by atoms with Crippen LogP contribution < -0.4 is 0 Å². The summed E-state index contributed by atoms with van der Waals surface area (Å²) in [5.74, 6) is 2.07. The highest BCUT2D eigenvalue weighted by Crippen LogP contribution is 2.36. The van der Waals surface area contributed by atoms with Crippen molar-refractivity contribution in [3.8, 4) is 0 Å². The number of hydrogen-bond donors (Lipinski definition) is 0. The van der Waals surface area contributed by atoms with E-state index in [0.717, 1.165) is 70.2 Å². The van der Waals surface area contributed by atoms with Gasteiger partial charge in [0.2, 0.25) is 5.91 Å². The van der Waals surface area contributed by atoms with Crippen molar-refractivity contribution < 1.29 is 14.1 Å². The molecule has 2 unspecified atom stereocenters. The summed E-state index contributed by atoms with van der Waals surface area (Å²) in [5, 5.41) is 4.31. The zero-order valence-electron chi connectivity index (χ0n) is 15.3. The van der Waals surface area contributed by atoms with E-state index in [0.29, 0.717) is 11.8 Å². The molecule has 3 aliphatic rings. The number of aryl methyl sites for hydroxylation is 1. The average Bonchev–Trinajstić information content (AvgIpc) is 3.12. The molecule has 0 radical (unpaired) electrons. The fourth-order valence-electron chi connectivity index (χ4n) is 4.94. The van der Waals surface area contributed by atoms with Crippen LogP contribution in [0.4, 0.5) is 0 Å². The van der Waals surface area contributed by atoms with Crippen LogP contribution in [-0.4, -0.2) is 42.3 Å². The standard InChI is InChI=1S/C20H30N2O3/c1-24-16-6-4-5-15(13-16)20(23)22-11-9-14(10-12-22)19-17-7-2-3-8-18(17)21-25-19/h14-16H,2-13H2,1H3. The van der Waals surface area contributed by atoms with Crippen LogP contribution >= 0.6 is 0 Å². The van der Waals surface area contributed by atoms with Crippen molar-refractivity contribution in [2.75, 3.05) is 20.2 Å². The maximum atomic E-state index is 12.9. The Hall–Kier alpha value is -1.36. The molecule has 1 amide bonds. The van der Waals surface area contributed by atoms with Crippen molar-refractivity contribution in [3.63, 3.8) is 0 Å². The topological polar surface area (TPSA) is 55.6 Å². The highest BCUT2D eigenvalue weighted by atomic mass is 16.5. The Morgan fingerprint density at radius 1 is 1.12 bits per heavy atom. The molecule has 2 aliphatic carbocycles. The smallest absolute Gasteiger partial charge is 0.225 e. The van der Waals surface area contributed by atoms with E-state index >= 15 is 0 Å².